The van der Waals surface area contributed by atoms with Crippen molar-refractivity contribution in [1.29, 1.82) is 0 Å². The van der Waals surface area contributed by atoms with E-state index in [9.17, 15) is 4.39 Å². The first-order chi connectivity index (χ1) is 7.02. The minimum atomic E-state index is -0.235. The maximum Gasteiger partial charge on any atom is 0.130 e. The molecule has 1 aromatic rings. The molecule has 0 aromatic heterocycles. The van der Waals surface area contributed by atoms with Crippen LogP contribution in [0, 0.1) is 12.7 Å². The van der Waals surface area contributed by atoms with Crippen LogP contribution in [0.1, 0.15) is 36.9 Å². The highest BCUT2D eigenvalue weighted by molar-refractivity contribution is 5.27. The second-order valence-electron chi connectivity index (χ2n) is 4.08. The molecule has 0 amide bonds. The van der Waals surface area contributed by atoms with Crippen molar-refractivity contribution in [2.75, 3.05) is 0 Å². The molecule has 15 heavy (non-hydrogen) atoms. The van der Waals surface area contributed by atoms with E-state index >= 15 is 0 Å². The molecule has 0 spiro atoms. The summed E-state index contributed by atoms with van der Waals surface area (Å²) in [5, 5.41) is 0. The van der Waals surface area contributed by atoms with Crippen LogP contribution in [0.5, 0.6) is 0 Å². The summed E-state index contributed by atoms with van der Waals surface area (Å²) in [7, 11) is 0. The zero-order valence-electron chi connectivity index (χ0n) is 9.39. The summed E-state index contributed by atoms with van der Waals surface area (Å²) in [5.41, 5.74) is 8.27. The minimum absolute atomic E-state index is 0.174. The number of allylic oxidation sites excluding steroid dienone is 1. The Hall–Kier alpha value is -1.15. The Labute approximate surface area is 90.8 Å². The Balaban J connectivity index is 2.77. The molecule has 0 aliphatic carbocycles. The summed E-state index contributed by atoms with van der Waals surface area (Å²) in [5.74, 6) is -0.174. The van der Waals surface area contributed by atoms with Crippen LogP contribution >= 0.6 is 0 Å². The van der Waals surface area contributed by atoms with Gasteiger partial charge in [0.25, 0.3) is 0 Å². The van der Waals surface area contributed by atoms with Crippen molar-refractivity contribution in [3.8, 4) is 0 Å². The molecule has 0 heterocycles. The number of nitrogens with two attached hydrogens (primary N) is 1. The average Bonchev–Trinajstić information content (AvgIpc) is 2.18. The van der Waals surface area contributed by atoms with Crippen molar-refractivity contribution in [3.05, 3.63) is 47.3 Å². The van der Waals surface area contributed by atoms with Gasteiger partial charge in [-0.15, -0.1) is 6.58 Å². The molecule has 0 bridgehead atoms. The largest absolute Gasteiger partial charge is 0.324 e. The van der Waals surface area contributed by atoms with Crippen LogP contribution in [0.2, 0.25) is 0 Å². The van der Waals surface area contributed by atoms with Crippen LogP contribution < -0.4 is 5.73 Å². The van der Waals surface area contributed by atoms with E-state index in [-0.39, 0.29) is 11.9 Å². The molecule has 1 atom stereocenters. The van der Waals surface area contributed by atoms with Gasteiger partial charge < -0.3 is 5.73 Å². The van der Waals surface area contributed by atoms with Crippen LogP contribution in [0.3, 0.4) is 0 Å². The van der Waals surface area contributed by atoms with E-state index in [4.69, 9.17) is 5.73 Å². The monoisotopic (exact) mass is 207 g/mol. The SMILES string of the molecule is C=C(C)CCC(N)c1cccc(C)c1F. The second-order valence-corrected chi connectivity index (χ2v) is 4.08. The average molecular weight is 207 g/mol. The zero-order valence-corrected chi connectivity index (χ0v) is 9.39. The lowest BCUT2D eigenvalue weighted by Gasteiger charge is -2.13. The molecule has 0 fully saturated rings. The number of hydrogen-bond donors (Lipinski definition) is 1. The molecule has 1 rings (SSSR count). The molecule has 0 aliphatic rings. The highest BCUT2D eigenvalue weighted by Gasteiger charge is 2.12. The summed E-state index contributed by atoms with van der Waals surface area (Å²) in [6, 6.07) is 5.12. The van der Waals surface area contributed by atoms with Crippen LogP contribution in [-0.4, -0.2) is 0 Å². The molecular formula is C13H18FN. The third-order valence-corrected chi connectivity index (χ3v) is 2.50. The first-order valence-corrected chi connectivity index (χ1v) is 5.17. The predicted octanol–water partition coefficient (Wildman–Crippen LogP) is 3.49. The predicted molar refractivity (Wildman–Crippen MR) is 62.1 cm³/mol. The molecule has 1 nitrogen and oxygen atoms in total. The van der Waals surface area contributed by atoms with Gasteiger partial charge in [-0.3, -0.25) is 0 Å². The Bertz CT molecular complexity index is 358. The summed E-state index contributed by atoms with van der Waals surface area (Å²) in [6.07, 6.45) is 1.59. The molecular weight excluding hydrogens is 189 g/mol. The lowest BCUT2D eigenvalue weighted by Crippen LogP contribution is -2.12. The fourth-order valence-corrected chi connectivity index (χ4v) is 1.51. The van der Waals surface area contributed by atoms with Crippen molar-refractivity contribution in [2.45, 2.75) is 32.7 Å². The molecule has 1 unspecified atom stereocenters. The summed E-state index contributed by atoms with van der Waals surface area (Å²) < 4.78 is 13.7. The summed E-state index contributed by atoms with van der Waals surface area (Å²) >= 11 is 0. The number of aryl methyl sites for hydroxylation is 1. The molecule has 0 aliphatic heterocycles. The number of hydrogen-bond acceptors (Lipinski definition) is 1. The molecule has 2 heteroatoms. The fraction of sp³-hybridized carbons (Fsp3) is 0.385. The van der Waals surface area contributed by atoms with E-state index in [1.165, 1.54) is 0 Å². The number of rotatable bonds is 4. The van der Waals surface area contributed by atoms with Gasteiger partial charge in [0, 0.05) is 11.6 Å². The Morgan fingerprint density at radius 1 is 1.53 bits per heavy atom. The molecule has 82 valence electrons. The first kappa shape index (κ1) is 11.9. The third kappa shape index (κ3) is 3.17. The van der Waals surface area contributed by atoms with Gasteiger partial charge in [0.2, 0.25) is 0 Å². The number of halogens is 1. The lowest BCUT2D eigenvalue weighted by molar-refractivity contribution is 0.557. The van der Waals surface area contributed by atoms with Crippen LogP contribution in [-0.2, 0) is 0 Å². The van der Waals surface area contributed by atoms with E-state index in [0.717, 1.165) is 18.4 Å². The fourth-order valence-electron chi connectivity index (χ4n) is 1.51. The van der Waals surface area contributed by atoms with Crippen molar-refractivity contribution >= 4 is 0 Å². The standard InChI is InChI=1S/C13H18FN/c1-9(2)7-8-12(15)11-6-4-5-10(3)13(11)14/h4-6,12H,1,7-8,15H2,2-3H3. The van der Waals surface area contributed by atoms with E-state index in [1.807, 2.05) is 13.0 Å². The van der Waals surface area contributed by atoms with E-state index in [2.05, 4.69) is 6.58 Å². The first-order valence-electron chi connectivity index (χ1n) is 5.17. The highest BCUT2D eigenvalue weighted by atomic mass is 19.1. The molecule has 0 radical (unpaired) electrons. The van der Waals surface area contributed by atoms with Crippen LogP contribution in [0.15, 0.2) is 30.4 Å². The van der Waals surface area contributed by atoms with E-state index in [1.54, 1.807) is 19.1 Å². The maximum atomic E-state index is 13.7. The zero-order chi connectivity index (χ0) is 11.4. The van der Waals surface area contributed by atoms with E-state index < -0.39 is 0 Å². The van der Waals surface area contributed by atoms with Gasteiger partial charge >= 0.3 is 0 Å². The smallest absolute Gasteiger partial charge is 0.130 e. The second kappa shape index (κ2) is 5.08. The molecule has 0 saturated heterocycles. The van der Waals surface area contributed by atoms with Gasteiger partial charge in [-0.05, 0) is 32.3 Å². The van der Waals surface area contributed by atoms with Crippen molar-refractivity contribution < 1.29 is 4.39 Å². The van der Waals surface area contributed by atoms with Gasteiger partial charge in [-0.1, -0.05) is 23.8 Å². The summed E-state index contributed by atoms with van der Waals surface area (Å²) in [6.45, 7) is 7.52. The number of benzene rings is 1. The summed E-state index contributed by atoms with van der Waals surface area (Å²) in [4.78, 5) is 0. The Morgan fingerprint density at radius 2 is 2.20 bits per heavy atom. The van der Waals surface area contributed by atoms with Crippen LogP contribution in [0.25, 0.3) is 0 Å². The molecule has 0 saturated carbocycles. The van der Waals surface area contributed by atoms with E-state index in [0.29, 0.717) is 11.1 Å². The van der Waals surface area contributed by atoms with Gasteiger partial charge in [-0.2, -0.15) is 0 Å². The van der Waals surface area contributed by atoms with Crippen LogP contribution in [0.4, 0.5) is 4.39 Å². The van der Waals surface area contributed by atoms with Gasteiger partial charge in [0.15, 0.2) is 0 Å². The normalized spacial score (nSPS) is 12.5. The lowest BCUT2D eigenvalue weighted by atomic mass is 9.99. The van der Waals surface area contributed by atoms with Gasteiger partial charge in [-0.25, -0.2) is 4.39 Å². The Kier molecular flexibility index (Phi) is 4.04. The Morgan fingerprint density at radius 3 is 2.80 bits per heavy atom. The minimum Gasteiger partial charge on any atom is -0.324 e. The maximum absolute atomic E-state index is 13.7. The highest BCUT2D eigenvalue weighted by Crippen LogP contribution is 2.22. The molecule has 1 aromatic carbocycles. The van der Waals surface area contributed by atoms with Crippen molar-refractivity contribution in [1.82, 2.24) is 0 Å². The molecule has 2 N–H and O–H groups in total. The van der Waals surface area contributed by atoms with Crippen molar-refractivity contribution in [3.63, 3.8) is 0 Å². The van der Waals surface area contributed by atoms with Crippen molar-refractivity contribution in [2.24, 2.45) is 5.73 Å². The third-order valence-electron chi connectivity index (χ3n) is 2.50. The van der Waals surface area contributed by atoms with Gasteiger partial charge in [0.05, 0.1) is 0 Å². The quantitative estimate of drug-likeness (QED) is 0.751. The van der Waals surface area contributed by atoms with Gasteiger partial charge in [0.1, 0.15) is 5.82 Å². The topological polar surface area (TPSA) is 26.0 Å².